The fourth-order valence-electron chi connectivity index (χ4n) is 1.94. The number of amides is 1. The fraction of sp³-hybridized carbons (Fsp3) is 0.267. The third-order valence-corrected chi connectivity index (χ3v) is 3.11. The first kappa shape index (κ1) is 14.9. The van der Waals surface area contributed by atoms with Gasteiger partial charge in [0.25, 0.3) is 5.91 Å². The smallest absolute Gasteiger partial charge is 0.274 e. The molecular weight excluding hydrogens is 266 g/mol. The Kier molecular flexibility index (Phi) is 4.84. The highest BCUT2D eigenvalue weighted by molar-refractivity contribution is 5.92. The molecule has 2 rings (SSSR count). The molecule has 6 nitrogen and oxygen atoms in total. The van der Waals surface area contributed by atoms with Crippen LogP contribution in [0.4, 0.5) is 5.82 Å². The number of nitrogens with one attached hydrogen (secondary N) is 1. The summed E-state index contributed by atoms with van der Waals surface area (Å²) in [6.45, 7) is 4.49. The van der Waals surface area contributed by atoms with Gasteiger partial charge in [-0.3, -0.25) is 4.79 Å². The first-order valence-electron chi connectivity index (χ1n) is 6.77. The van der Waals surface area contributed by atoms with Crippen molar-refractivity contribution in [1.82, 2.24) is 15.1 Å². The van der Waals surface area contributed by atoms with Crippen molar-refractivity contribution < 1.29 is 4.79 Å². The molecule has 0 saturated heterocycles. The molecule has 0 spiro atoms. The van der Waals surface area contributed by atoms with Gasteiger partial charge < -0.3 is 10.3 Å². The van der Waals surface area contributed by atoms with Crippen LogP contribution in [0, 0.1) is 0 Å². The molecule has 0 aliphatic carbocycles. The minimum atomic E-state index is -0.148. The lowest BCUT2D eigenvalue weighted by Gasteiger charge is -2.26. The molecule has 6 heteroatoms. The number of carbonyl (C=O) groups excluding carboxylic acids is 1. The van der Waals surface area contributed by atoms with Gasteiger partial charge >= 0.3 is 0 Å². The van der Waals surface area contributed by atoms with Crippen LogP contribution in [0.3, 0.4) is 0 Å². The van der Waals surface area contributed by atoms with Gasteiger partial charge in [-0.25, -0.2) is 5.84 Å². The fourth-order valence-corrected chi connectivity index (χ4v) is 1.94. The zero-order valence-electron chi connectivity index (χ0n) is 12.2. The molecule has 1 aromatic carbocycles. The molecule has 0 atom stereocenters. The van der Waals surface area contributed by atoms with Crippen LogP contribution in [0.5, 0.6) is 0 Å². The van der Waals surface area contributed by atoms with Crippen molar-refractivity contribution in [2.75, 3.05) is 5.43 Å². The third-order valence-electron chi connectivity index (χ3n) is 3.11. The molecule has 1 heterocycles. The lowest BCUT2D eigenvalue weighted by molar-refractivity contribution is 0.0683. The van der Waals surface area contributed by atoms with E-state index in [1.807, 2.05) is 44.2 Å². The standard InChI is InChI=1S/C15H19N5O/c1-11(2)20(10-12-6-4-3-5-7-12)15(21)13-8-9-14(17-16)19-18-13/h3-9,11H,10,16H2,1-2H3,(H,17,19). The van der Waals surface area contributed by atoms with Gasteiger partial charge in [-0.2, -0.15) is 0 Å². The van der Waals surface area contributed by atoms with Crippen molar-refractivity contribution >= 4 is 11.7 Å². The summed E-state index contributed by atoms with van der Waals surface area (Å²) in [6.07, 6.45) is 0. The Morgan fingerprint density at radius 1 is 1.19 bits per heavy atom. The van der Waals surface area contributed by atoms with Gasteiger partial charge in [-0.05, 0) is 31.5 Å². The van der Waals surface area contributed by atoms with E-state index in [1.165, 1.54) is 0 Å². The second-order valence-corrected chi connectivity index (χ2v) is 4.96. The Labute approximate surface area is 124 Å². The molecule has 0 unspecified atom stereocenters. The van der Waals surface area contributed by atoms with Gasteiger partial charge in [0.2, 0.25) is 0 Å². The summed E-state index contributed by atoms with van der Waals surface area (Å²) in [5.41, 5.74) is 3.77. The third kappa shape index (κ3) is 3.76. The van der Waals surface area contributed by atoms with Crippen LogP contribution in [0.25, 0.3) is 0 Å². The molecule has 2 aromatic rings. The van der Waals surface area contributed by atoms with E-state index < -0.39 is 0 Å². The number of nitrogens with zero attached hydrogens (tertiary/aromatic N) is 3. The minimum Gasteiger partial charge on any atom is -0.331 e. The highest BCUT2D eigenvalue weighted by Crippen LogP contribution is 2.12. The van der Waals surface area contributed by atoms with Gasteiger partial charge in [0.05, 0.1) is 0 Å². The first-order chi connectivity index (χ1) is 10.1. The number of hydrazine groups is 1. The van der Waals surface area contributed by atoms with Crippen LogP contribution in [-0.4, -0.2) is 27.0 Å². The summed E-state index contributed by atoms with van der Waals surface area (Å²) in [7, 11) is 0. The van der Waals surface area contributed by atoms with Gasteiger partial charge in [0.15, 0.2) is 11.5 Å². The quantitative estimate of drug-likeness (QED) is 0.646. The molecule has 110 valence electrons. The number of benzene rings is 1. The predicted octanol–water partition coefficient (Wildman–Crippen LogP) is 1.81. The van der Waals surface area contributed by atoms with E-state index >= 15 is 0 Å². The number of aromatic nitrogens is 2. The molecule has 0 saturated carbocycles. The number of hydrogen-bond acceptors (Lipinski definition) is 5. The minimum absolute atomic E-state index is 0.0619. The topological polar surface area (TPSA) is 84.1 Å². The summed E-state index contributed by atoms with van der Waals surface area (Å²) in [5.74, 6) is 5.51. The lowest BCUT2D eigenvalue weighted by atomic mass is 10.1. The maximum absolute atomic E-state index is 12.6. The number of anilines is 1. The number of nitrogens with two attached hydrogens (primary N) is 1. The van der Waals surface area contributed by atoms with E-state index in [4.69, 9.17) is 5.84 Å². The first-order valence-corrected chi connectivity index (χ1v) is 6.77. The molecule has 0 fully saturated rings. The maximum atomic E-state index is 12.6. The Balaban J connectivity index is 2.18. The van der Waals surface area contributed by atoms with E-state index in [0.29, 0.717) is 18.1 Å². The maximum Gasteiger partial charge on any atom is 0.274 e. The molecular formula is C15H19N5O. The highest BCUT2D eigenvalue weighted by atomic mass is 16.2. The van der Waals surface area contributed by atoms with Crippen molar-refractivity contribution in [2.24, 2.45) is 5.84 Å². The molecule has 0 radical (unpaired) electrons. The summed E-state index contributed by atoms with van der Waals surface area (Å²) in [5, 5.41) is 7.74. The molecule has 1 amide bonds. The van der Waals surface area contributed by atoms with Crippen LogP contribution in [0.2, 0.25) is 0 Å². The van der Waals surface area contributed by atoms with Crippen molar-refractivity contribution in [3.05, 3.63) is 53.7 Å². The van der Waals surface area contributed by atoms with Crippen LogP contribution in [-0.2, 0) is 6.54 Å². The second-order valence-electron chi connectivity index (χ2n) is 4.96. The zero-order chi connectivity index (χ0) is 15.2. The lowest BCUT2D eigenvalue weighted by Crippen LogP contribution is -2.37. The Morgan fingerprint density at radius 2 is 1.90 bits per heavy atom. The SMILES string of the molecule is CC(C)N(Cc1ccccc1)C(=O)c1ccc(NN)nn1. The van der Waals surface area contributed by atoms with Gasteiger partial charge in [-0.1, -0.05) is 30.3 Å². The number of carbonyl (C=O) groups is 1. The molecule has 0 aliphatic rings. The second kappa shape index (κ2) is 6.81. The molecule has 0 aliphatic heterocycles. The van der Waals surface area contributed by atoms with Gasteiger partial charge in [0, 0.05) is 12.6 Å². The van der Waals surface area contributed by atoms with Crippen LogP contribution in [0.15, 0.2) is 42.5 Å². The van der Waals surface area contributed by atoms with Crippen molar-refractivity contribution in [2.45, 2.75) is 26.4 Å². The van der Waals surface area contributed by atoms with E-state index in [9.17, 15) is 4.79 Å². The van der Waals surface area contributed by atoms with E-state index in [-0.39, 0.29) is 11.9 Å². The normalized spacial score (nSPS) is 10.5. The summed E-state index contributed by atoms with van der Waals surface area (Å²) in [4.78, 5) is 14.3. The Morgan fingerprint density at radius 3 is 2.43 bits per heavy atom. The average Bonchev–Trinajstić information content (AvgIpc) is 2.53. The number of rotatable bonds is 5. The van der Waals surface area contributed by atoms with Crippen molar-refractivity contribution in [3.8, 4) is 0 Å². The summed E-state index contributed by atoms with van der Waals surface area (Å²) >= 11 is 0. The largest absolute Gasteiger partial charge is 0.331 e. The number of nitrogen functional groups attached to an aromatic ring is 1. The van der Waals surface area contributed by atoms with Gasteiger partial charge in [0.1, 0.15) is 0 Å². The van der Waals surface area contributed by atoms with E-state index in [0.717, 1.165) is 5.56 Å². The Bertz CT molecular complexity index is 583. The predicted molar refractivity (Wildman–Crippen MR) is 81.3 cm³/mol. The summed E-state index contributed by atoms with van der Waals surface area (Å²) in [6, 6.07) is 13.2. The highest BCUT2D eigenvalue weighted by Gasteiger charge is 2.20. The van der Waals surface area contributed by atoms with E-state index in [1.54, 1.807) is 17.0 Å². The van der Waals surface area contributed by atoms with Gasteiger partial charge in [-0.15, -0.1) is 10.2 Å². The van der Waals surface area contributed by atoms with Crippen LogP contribution < -0.4 is 11.3 Å². The zero-order valence-corrected chi connectivity index (χ0v) is 12.2. The molecule has 0 bridgehead atoms. The molecule has 21 heavy (non-hydrogen) atoms. The van der Waals surface area contributed by atoms with Crippen molar-refractivity contribution in [3.63, 3.8) is 0 Å². The Hall–Kier alpha value is -2.47. The van der Waals surface area contributed by atoms with Crippen LogP contribution >= 0.6 is 0 Å². The molecule has 3 N–H and O–H groups in total. The number of hydrogen-bond donors (Lipinski definition) is 2. The monoisotopic (exact) mass is 285 g/mol. The molecule has 1 aromatic heterocycles. The summed E-state index contributed by atoms with van der Waals surface area (Å²) < 4.78 is 0. The van der Waals surface area contributed by atoms with Crippen molar-refractivity contribution in [1.29, 1.82) is 0 Å². The van der Waals surface area contributed by atoms with Crippen LogP contribution in [0.1, 0.15) is 29.9 Å². The average molecular weight is 285 g/mol. The van der Waals surface area contributed by atoms with E-state index in [2.05, 4.69) is 15.6 Å².